The molecule has 0 amide bonds. The van der Waals surface area contributed by atoms with Crippen LogP contribution >= 0.6 is 0 Å². The van der Waals surface area contributed by atoms with Gasteiger partial charge in [-0.3, -0.25) is 0 Å². The molecule has 9 rings (SSSR count). The van der Waals surface area contributed by atoms with E-state index in [0.717, 1.165) is 73.3 Å². The third-order valence-electron chi connectivity index (χ3n) is 13.9. The van der Waals surface area contributed by atoms with E-state index in [-0.39, 0.29) is 47.3 Å². The molecule has 0 saturated heterocycles. The monoisotopic (exact) mass is 1000 g/mol. The molecule has 0 aliphatic carbocycles. The zero-order valence-electron chi connectivity index (χ0n) is 45.0. The second kappa shape index (κ2) is 17.9. The molecular formula is C65H72N4OSe. The molecule has 0 spiro atoms. The summed E-state index contributed by atoms with van der Waals surface area (Å²) < 4.78 is 4.90. The van der Waals surface area contributed by atoms with E-state index >= 15 is 0 Å². The molecule has 0 radical (unpaired) electrons. The minimum atomic E-state index is -0.330. The Balaban J connectivity index is 1.32. The summed E-state index contributed by atoms with van der Waals surface area (Å²) in [6.07, 6.45) is 2.79. The van der Waals surface area contributed by atoms with Crippen LogP contribution < -0.4 is 0 Å². The molecule has 3 aromatic heterocycles. The van der Waals surface area contributed by atoms with Gasteiger partial charge in [-0.25, -0.2) is 0 Å². The average molecular weight is 1000 g/mol. The second-order valence-corrected chi connectivity index (χ2v) is 27.3. The van der Waals surface area contributed by atoms with Crippen LogP contribution in [0.4, 0.5) is 0 Å². The molecule has 364 valence electrons. The first-order chi connectivity index (χ1) is 33.2. The maximum absolute atomic E-state index is 12.6. The number of hydrogen-bond acceptors (Lipinski definition) is 4. The molecule has 1 N–H and O–H groups in total. The van der Waals surface area contributed by atoms with E-state index in [4.69, 9.17) is 15.0 Å². The van der Waals surface area contributed by atoms with Gasteiger partial charge in [-0.1, -0.05) is 98.7 Å². The average Bonchev–Trinajstić information content (AvgIpc) is 3.85. The molecule has 0 fully saturated rings. The van der Waals surface area contributed by atoms with Crippen LogP contribution in [0.25, 0.3) is 81.4 Å². The molecule has 0 bridgehead atoms. The number of hydrogen-bond donors (Lipinski definition) is 1. The SMILES string of the molecule is Cc1c(-c2ccc(CC(C)(C)C)cc2)[se]c2c(-c3cc(-c4cccc5c4nc(-c4cc(C(C)(C)C)cc(C(C)(C)C)c4O)n5-c4ccc(C(C)(C)C)cc4-c4ccccc4)cc(C(C)(C)C)c3)ncnc12. The number of phenols is 1. The van der Waals surface area contributed by atoms with Crippen molar-refractivity contribution in [3.05, 3.63) is 161 Å². The van der Waals surface area contributed by atoms with E-state index in [2.05, 4.69) is 237 Å². The fourth-order valence-corrected chi connectivity index (χ4v) is 12.5. The maximum atomic E-state index is 12.6. The van der Waals surface area contributed by atoms with Crippen molar-refractivity contribution in [2.45, 2.75) is 139 Å². The molecule has 6 aromatic carbocycles. The summed E-state index contributed by atoms with van der Waals surface area (Å²) in [5.74, 6) is 0.961. The van der Waals surface area contributed by atoms with Gasteiger partial charge in [0.25, 0.3) is 0 Å². The van der Waals surface area contributed by atoms with Crippen molar-refractivity contribution in [2.75, 3.05) is 0 Å². The van der Waals surface area contributed by atoms with Crippen LogP contribution in [0.15, 0.2) is 128 Å². The number of rotatable bonds is 7. The van der Waals surface area contributed by atoms with Gasteiger partial charge < -0.3 is 0 Å². The normalized spacial score (nSPS) is 12.9. The molecular weight excluding hydrogens is 932 g/mol. The van der Waals surface area contributed by atoms with Gasteiger partial charge in [-0.2, -0.15) is 0 Å². The third-order valence-corrected chi connectivity index (χ3v) is 16.7. The summed E-state index contributed by atoms with van der Waals surface area (Å²) in [7, 11) is 0. The molecule has 3 heterocycles. The Morgan fingerprint density at radius 2 is 1.15 bits per heavy atom. The Morgan fingerprint density at radius 1 is 0.521 bits per heavy atom. The van der Waals surface area contributed by atoms with E-state index in [0.29, 0.717) is 11.4 Å². The molecule has 0 aliphatic rings. The Kier molecular flexibility index (Phi) is 12.6. The van der Waals surface area contributed by atoms with Crippen LogP contribution in [-0.2, 0) is 28.1 Å². The molecule has 5 nitrogen and oxygen atoms in total. The van der Waals surface area contributed by atoms with E-state index in [1.54, 1.807) is 6.33 Å². The summed E-state index contributed by atoms with van der Waals surface area (Å²) in [6, 6.07) is 44.7. The van der Waals surface area contributed by atoms with Gasteiger partial charge in [0.1, 0.15) is 0 Å². The van der Waals surface area contributed by atoms with Crippen LogP contribution in [0.5, 0.6) is 5.75 Å². The summed E-state index contributed by atoms with van der Waals surface area (Å²) in [4.78, 5) is 15.8. The summed E-state index contributed by atoms with van der Waals surface area (Å²) in [5.41, 5.74) is 18.8. The number of aromatic hydroxyl groups is 1. The number of phenolic OH excluding ortho intramolecular Hbond substituents is 1. The van der Waals surface area contributed by atoms with Crippen molar-refractivity contribution in [3.63, 3.8) is 0 Å². The molecule has 0 aliphatic heterocycles. The Bertz CT molecular complexity index is 3460. The van der Waals surface area contributed by atoms with E-state index in [1.807, 2.05) is 0 Å². The molecule has 9 aromatic rings. The van der Waals surface area contributed by atoms with Crippen LogP contribution in [0, 0.1) is 12.3 Å². The number of para-hydroxylation sites is 1. The molecule has 71 heavy (non-hydrogen) atoms. The van der Waals surface area contributed by atoms with E-state index < -0.39 is 0 Å². The minimum absolute atomic E-state index is 0.00163. The zero-order chi connectivity index (χ0) is 51.2. The number of aryl methyl sites for hydroxylation is 1. The van der Waals surface area contributed by atoms with Gasteiger partial charge in [0.2, 0.25) is 0 Å². The van der Waals surface area contributed by atoms with Gasteiger partial charge in [0.05, 0.1) is 0 Å². The number of nitrogens with zero attached hydrogens (tertiary/aromatic N) is 4. The number of imidazole rings is 1. The first-order valence-electron chi connectivity index (χ1n) is 25.3. The predicted molar refractivity (Wildman–Crippen MR) is 303 cm³/mol. The van der Waals surface area contributed by atoms with Crippen molar-refractivity contribution in [1.29, 1.82) is 0 Å². The summed E-state index contributed by atoms with van der Waals surface area (Å²) in [5, 5.41) is 12.6. The molecule has 0 atom stereocenters. The fourth-order valence-electron chi connectivity index (χ4n) is 9.86. The van der Waals surface area contributed by atoms with Crippen molar-refractivity contribution >= 4 is 35.3 Å². The second-order valence-electron chi connectivity index (χ2n) is 25.2. The summed E-state index contributed by atoms with van der Waals surface area (Å²) >= 11 is 0.00163. The van der Waals surface area contributed by atoms with Crippen LogP contribution in [0.2, 0.25) is 0 Å². The Labute approximate surface area is 429 Å². The van der Waals surface area contributed by atoms with Crippen LogP contribution in [0.1, 0.15) is 137 Å². The summed E-state index contributed by atoms with van der Waals surface area (Å²) in [6.45, 7) is 36.0. The standard InChI is InChI=1S/C65H72N4OSe/c1-39-54-59(71-58(39)42-27-25-40(26-28-42)37-61(2,3)4)55(67-38-66-54)44-31-43(32-46(33-44)63(8,9)10)48-23-20-24-53-56(48)68-60(50-35-47(64(11,12)13)36-51(57(50)70)65(14,15)16)69(53)52-30-29-45(62(5,6)7)34-49(52)41-21-18-17-19-22-41/h17-36,38,70H,37H2,1-16H3. The molecule has 0 unspecified atom stereocenters. The first kappa shape index (κ1) is 49.9. The van der Waals surface area contributed by atoms with Crippen LogP contribution in [-0.4, -0.2) is 39.1 Å². The van der Waals surface area contributed by atoms with Crippen LogP contribution in [0.3, 0.4) is 0 Å². The topological polar surface area (TPSA) is 63.8 Å². The van der Waals surface area contributed by atoms with Gasteiger partial charge in [0.15, 0.2) is 0 Å². The predicted octanol–water partition coefficient (Wildman–Crippen LogP) is 17.2. The first-order valence-corrected chi connectivity index (χ1v) is 27.0. The van der Waals surface area contributed by atoms with Gasteiger partial charge in [0, 0.05) is 0 Å². The fraction of sp³-hybridized carbons (Fsp3) is 0.338. The zero-order valence-corrected chi connectivity index (χ0v) is 46.7. The number of aromatic nitrogens is 4. The third kappa shape index (κ3) is 9.83. The molecule has 0 saturated carbocycles. The Hall–Kier alpha value is -6.07. The molecule has 6 heteroatoms. The van der Waals surface area contributed by atoms with Gasteiger partial charge >= 0.3 is 311 Å². The number of benzene rings is 6. The van der Waals surface area contributed by atoms with Crippen molar-refractivity contribution in [1.82, 2.24) is 19.5 Å². The van der Waals surface area contributed by atoms with Gasteiger partial charge in [-0.15, -0.1) is 0 Å². The van der Waals surface area contributed by atoms with E-state index in [1.165, 1.54) is 36.5 Å². The van der Waals surface area contributed by atoms with Crippen molar-refractivity contribution in [2.24, 2.45) is 5.41 Å². The van der Waals surface area contributed by atoms with Gasteiger partial charge in [-0.05, 0) is 21.8 Å². The number of fused-ring (bicyclic) bond motifs is 2. The quantitative estimate of drug-likeness (QED) is 0.162. The van der Waals surface area contributed by atoms with Crippen molar-refractivity contribution in [3.8, 4) is 66.3 Å². The van der Waals surface area contributed by atoms with Crippen molar-refractivity contribution < 1.29 is 5.11 Å². The Morgan fingerprint density at radius 3 is 1.79 bits per heavy atom. The van der Waals surface area contributed by atoms with E-state index in [9.17, 15) is 5.11 Å².